The van der Waals surface area contributed by atoms with Gasteiger partial charge in [0.2, 0.25) is 0 Å². The predicted molar refractivity (Wildman–Crippen MR) is 78.1 cm³/mol. The van der Waals surface area contributed by atoms with E-state index in [9.17, 15) is 8.42 Å². The maximum atomic E-state index is 11.4. The van der Waals surface area contributed by atoms with E-state index in [1.165, 1.54) is 12.1 Å². The number of hydrogen-bond donors (Lipinski definition) is 0. The van der Waals surface area contributed by atoms with Crippen molar-refractivity contribution in [2.45, 2.75) is 11.5 Å². The monoisotopic (exact) mass is 331 g/mol. The average molecular weight is 332 g/mol. The summed E-state index contributed by atoms with van der Waals surface area (Å²) in [7, 11) is -3.26. The Balaban J connectivity index is 2.15. The second-order valence-electron chi connectivity index (χ2n) is 4.12. The zero-order chi connectivity index (χ0) is 14.8. The molecule has 0 radical (unpaired) electrons. The molecule has 2 aromatic rings. The minimum Gasteiger partial charge on any atom is -0.489 e. The van der Waals surface area contributed by atoms with Gasteiger partial charge in [-0.25, -0.2) is 13.4 Å². The van der Waals surface area contributed by atoms with Gasteiger partial charge < -0.3 is 4.74 Å². The van der Waals surface area contributed by atoms with Gasteiger partial charge in [0.05, 0.1) is 4.90 Å². The summed E-state index contributed by atoms with van der Waals surface area (Å²) in [6.45, 7) is 0.177. The molecule has 1 aromatic heterocycles. The largest absolute Gasteiger partial charge is 0.489 e. The molecule has 0 fully saturated rings. The van der Waals surface area contributed by atoms with Crippen LogP contribution >= 0.6 is 23.2 Å². The predicted octanol–water partition coefficient (Wildman–Crippen LogP) is 3.37. The first kappa shape index (κ1) is 15.1. The molecule has 0 spiro atoms. The van der Waals surface area contributed by atoms with Crippen molar-refractivity contribution >= 4 is 33.0 Å². The zero-order valence-electron chi connectivity index (χ0n) is 10.5. The third kappa shape index (κ3) is 3.85. The summed E-state index contributed by atoms with van der Waals surface area (Å²) >= 11 is 11.6. The molecule has 1 aromatic carbocycles. The number of halogens is 2. The van der Waals surface area contributed by atoms with E-state index >= 15 is 0 Å². The van der Waals surface area contributed by atoms with Crippen molar-refractivity contribution < 1.29 is 13.2 Å². The van der Waals surface area contributed by atoms with Crippen LogP contribution in [0.15, 0.2) is 41.3 Å². The minimum absolute atomic E-state index is 0.177. The van der Waals surface area contributed by atoms with Crippen LogP contribution < -0.4 is 4.74 Å². The molecule has 0 N–H and O–H groups in total. The summed E-state index contributed by atoms with van der Waals surface area (Å²) in [5.74, 6) is 0.443. The highest BCUT2D eigenvalue weighted by Gasteiger charge is 2.09. The minimum atomic E-state index is -3.26. The van der Waals surface area contributed by atoms with Crippen molar-refractivity contribution in [1.29, 1.82) is 0 Å². The Labute approximate surface area is 127 Å². The Hall–Kier alpha value is -1.30. The quantitative estimate of drug-likeness (QED) is 0.806. The van der Waals surface area contributed by atoms with Crippen LogP contribution in [0.2, 0.25) is 10.3 Å². The molecule has 20 heavy (non-hydrogen) atoms. The number of nitrogens with zero attached hydrogens (tertiary/aromatic N) is 1. The molecular formula is C13H11Cl2NO3S. The summed E-state index contributed by atoms with van der Waals surface area (Å²) < 4.78 is 28.4. The highest BCUT2D eigenvalue weighted by molar-refractivity contribution is 7.90. The molecule has 106 valence electrons. The van der Waals surface area contributed by atoms with Crippen molar-refractivity contribution in [3.63, 3.8) is 0 Å². The summed E-state index contributed by atoms with van der Waals surface area (Å²) in [4.78, 5) is 4.10. The number of ether oxygens (including phenoxy) is 1. The fraction of sp³-hybridized carbons (Fsp3) is 0.154. The molecule has 0 saturated heterocycles. The SMILES string of the molecule is CS(=O)(=O)c1cccc(OCc2ccc(Cl)nc2Cl)c1. The normalized spacial score (nSPS) is 11.3. The Kier molecular flexibility index (Phi) is 4.52. The first-order valence-corrected chi connectivity index (χ1v) is 8.25. The van der Waals surface area contributed by atoms with Gasteiger partial charge in [-0.2, -0.15) is 0 Å². The van der Waals surface area contributed by atoms with Gasteiger partial charge in [0, 0.05) is 11.8 Å². The van der Waals surface area contributed by atoms with Gasteiger partial charge in [-0.3, -0.25) is 0 Å². The summed E-state index contributed by atoms with van der Waals surface area (Å²) in [6.07, 6.45) is 1.14. The topological polar surface area (TPSA) is 56.3 Å². The number of aromatic nitrogens is 1. The van der Waals surface area contributed by atoms with E-state index in [1.807, 2.05) is 0 Å². The molecule has 0 atom stereocenters. The molecular weight excluding hydrogens is 321 g/mol. The lowest BCUT2D eigenvalue weighted by Gasteiger charge is -2.08. The Morgan fingerprint density at radius 2 is 1.95 bits per heavy atom. The number of benzene rings is 1. The Bertz CT molecular complexity index is 732. The lowest BCUT2D eigenvalue weighted by Crippen LogP contribution is -2.00. The van der Waals surface area contributed by atoms with Crippen LogP contribution in [0.1, 0.15) is 5.56 Å². The van der Waals surface area contributed by atoms with Gasteiger partial charge in [-0.05, 0) is 30.3 Å². The number of rotatable bonds is 4. The summed E-state index contributed by atoms with van der Waals surface area (Å²) in [5, 5.41) is 0.564. The molecule has 0 aliphatic carbocycles. The maximum absolute atomic E-state index is 11.4. The van der Waals surface area contributed by atoms with Crippen LogP contribution in [-0.2, 0) is 16.4 Å². The highest BCUT2D eigenvalue weighted by Crippen LogP contribution is 2.21. The second-order valence-corrected chi connectivity index (χ2v) is 6.88. The number of hydrogen-bond acceptors (Lipinski definition) is 4. The van der Waals surface area contributed by atoms with E-state index in [0.29, 0.717) is 16.5 Å². The molecule has 0 bridgehead atoms. The Morgan fingerprint density at radius 1 is 1.20 bits per heavy atom. The van der Waals surface area contributed by atoms with Gasteiger partial charge in [-0.1, -0.05) is 29.3 Å². The molecule has 0 amide bonds. The van der Waals surface area contributed by atoms with E-state index < -0.39 is 9.84 Å². The molecule has 0 unspecified atom stereocenters. The van der Waals surface area contributed by atoms with E-state index in [0.717, 1.165) is 6.26 Å². The van der Waals surface area contributed by atoms with Crippen LogP contribution in [0.3, 0.4) is 0 Å². The lowest BCUT2D eigenvalue weighted by molar-refractivity contribution is 0.305. The van der Waals surface area contributed by atoms with E-state index in [1.54, 1.807) is 24.3 Å². The molecule has 7 heteroatoms. The third-order valence-corrected chi connectivity index (χ3v) is 4.17. The first-order valence-electron chi connectivity index (χ1n) is 5.60. The Morgan fingerprint density at radius 3 is 2.60 bits per heavy atom. The van der Waals surface area contributed by atoms with Crippen LogP contribution in [0, 0.1) is 0 Å². The molecule has 2 rings (SSSR count). The lowest BCUT2D eigenvalue weighted by atomic mass is 10.3. The van der Waals surface area contributed by atoms with Gasteiger partial charge >= 0.3 is 0 Å². The van der Waals surface area contributed by atoms with Crippen molar-refractivity contribution in [2.75, 3.05) is 6.26 Å². The maximum Gasteiger partial charge on any atom is 0.175 e. The van der Waals surface area contributed by atoms with Crippen LogP contribution in [0.25, 0.3) is 0 Å². The van der Waals surface area contributed by atoms with Crippen molar-refractivity contribution in [2.24, 2.45) is 0 Å². The fourth-order valence-corrected chi connectivity index (χ4v) is 2.56. The van der Waals surface area contributed by atoms with E-state index in [4.69, 9.17) is 27.9 Å². The van der Waals surface area contributed by atoms with Crippen LogP contribution in [-0.4, -0.2) is 19.7 Å². The van der Waals surface area contributed by atoms with Crippen molar-refractivity contribution in [3.05, 3.63) is 52.3 Å². The highest BCUT2D eigenvalue weighted by atomic mass is 35.5. The summed E-state index contributed by atoms with van der Waals surface area (Å²) in [6, 6.07) is 9.59. The first-order chi connectivity index (χ1) is 9.36. The fourth-order valence-electron chi connectivity index (χ4n) is 1.50. The van der Waals surface area contributed by atoms with Gasteiger partial charge in [0.15, 0.2) is 9.84 Å². The zero-order valence-corrected chi connectivity index (χ0v) is 12.8. The van der Waals surface area contributed by atoms with Gasteiger partial charge in [0.1, 0.15) is 22.7 Å². The molecule has 4 nitrogen and oxygen atoms in total. The van der Waals surface area contributed by atoms with Gasteiger partial charge in [0.25, 0.3) is 0 Å². The van der Waals surface area contributed by atoms with Crippen molar-refractivity contribution in [1.82, 2.24) is 4.98 Å². The smallest absolute Gasteiger partial charge is 0.175 e. The molecule has 0 aliphatic heterocycles. The van der Waals surface area contributed by atoms with E-state index in [2.05, 4.69) is 4.98 Å². The standard InChI is InChI=1S/C13H11Cl2NO3S/c1-20(17,18)11-4-2-3-10(7-11)19-8-9-5-6-12(14)16-13(9)15/h2-7H,8H2,1H3. The van der Waals surface area contributed by atoms with E-state index in [-0.39, 0.29) is 16.7 Å². The number of sulfone groups is 1. The molecule has 1 heterocycles. The average Bonchev–Trinajstić information content (AvgIpc) is 2.37. The van der Waals surface area contributed by atoms with Gasteiger partial charge in [-0.15, -0.1) is 0 Å². The number of pyridine rings is 1. The summed E-state index contributed by atoms with van der Waals surface area (Å²) in [5.41, 5.74) is 0.667. The van der Waals surface area contributed by atoms with Crippen LogP contribution in [0.5, 0.6) is 5.75 Å². The third-order valence-electron chi connectivity index (χ3n) is 2.52. The van der Waals surface area contributed by atoms with Crippen molar-refractivity contribution in [3.8, 4) is 5.75 Å². The molecule has 0 saturated carbocycles. The van der Waals surface area contributed by atoms with Crippen LogP contribution in [0.4, 0.5) is 0 Å². The molecule has 0 aliphatic rings. The second kappa shape index (κ2) is 5.99.